The summed E-state index contributed by atoms with van der Waals surface area (Å²) in [6.45, 7) is 5.85. The van der Waals surface area contributed by atoms with Gasteiger partial charge in [0.1, 0.15) is 0 Å². The number of carbonyl (C=O) groups is 1. The second kappa shape index (κ2) is 4.78. The van der Waals surface area contributed by atoms with Gasteiger partial charge in [-0.25, -0.2) is 9.78 Å². The zero-order valence-corrected chi connectivity index (χ0v) is 11.3. The van der Waals surface area contributed by atoms with Gasteiger partial charge in [-0.2, -0.15) is 0 Å². The molecule has 0 atom stereocenters. The van der Waals surface area contributed by atoms with E-state index in [1.165, 1.54) is 11.3 Å². The Morgan fingerprint density at radius 2 is 2.06 bits per heavy atom. The molecule has 0 aliphatic heterocycles. The first-order chi connectivity index (χ1) is 8.47. The molecule has 0 saturated carbocycles. The molecule has 2 N–H and O–H groups in total. The summed E-state index contributed by atoms with van der Waals surface area (Å²) in [4.78, 5) is 16.6. The van der Waals surface area contributed by atoms with Crippen LogP contribution in [0.1, 0.15) is 26.5 Å². The van der Waals surface area contributed by atoms with Crippen LogP contribution >= 0.6 is 11.3 Å². The molecule has 5 heteroatoms. The number of aromatic nitrogens is 1. The highest BCUT2D eigenvalue weighted by molar-refractivity contribution is 7.15. The van der Waals surface area contributed by atoms with E-state index in [1.807, 2.05) is 26.8 Å². The second-order valence-corrected chi connectivity index (χ2v) is 5.34. The number of carboxylic acids is 1. The minimum absolute atomic E-state index is 0.256. The van der Waals surface area contributed by atoms with Gasteiger partial charge in [0.2, 0.25) is 0 Å². The fourth-order valence-electron chi connectivity index (χ4n) is 1.59. The molecule has 18 heavy (non-hydrogen) atoms. The van der Waals surface area contributed by atoms with Gasteiger partial charge in [-0.15, -0.1) is 11.3 Å². The van der Waals surface area contributed by atoms with E-state index in [9.17, 15) is 4.79 Å². The number of anilines is 2. The van der Waals surface area contributed by atoms with Gasteiger partial charge in [-0.05, 0) is 38.5 Å². The predicted molar refractivity (Wildman–Crippen MR) is 73.0 cm³/mol. The molecule has 0 aliphatic carbocycles. The van der Waals surface area contributed by atoms with Gasteiger partial charge in [-0.3, -0.25) is 0 Å². The van der Waals surface area contributed by atoms with Crippen molar-refractivity contribution in [3.05, 3.63) is 39.9 Å². The van der Waals surface area contributed by atoms with Crippen LogP contribution in [0.5, 0.6) is 0 Å². The van der Waals surface area contributed by atoms with Crippen LogP contribution in [-0.2, 0) is 0 Å². The molecular formula is C13H14N2O2S. The van der Waals surface area contributed by atoms with Crippen molar-refractivity contribution >= 4 is 28.1 Å². The smallest absolute Gasteiger partial charge is 0.337 e. The minimum Gasteiger partial charge on any atom is -0.478 e. The van der Waals surface area contributed by atoms with Crippen LogP contribution in [0, 0.1) is 20.8 Å². The monoisotopic (exact) mass is 262 g/mol. The molecule has 0 radical (unpaired) electrons. The quantitative estimate of drug-likeness (QED) is 0.888. The molecule has 4 nitrogen and oxygen atoms in total. The lowest BCUT2D eigenvalue weighted by atomic mass is 10.1. The Labute approximate surface area is 109 Å². The number of thiazole rings is 1. The normalized spacial score (nSPS) is 10.4. The van der Waals surface area contributed by atoms with E-state index in [-0.39, 0.29) is 5.56 Å². The van der Waals surface area contributed by atoms with Gasteiger partial charge in [0, 0.05) is 4.88 Å². The summed E-state index contributed by atoms with van der Waals surface area (Å²) in [5, 5.41) is 12.9. The van der Waals surface area contributed by atoms with Crippen LogP contribution in [0.15, 0.2) is 18.2 Å². The van der Waals surface area contributed by atoms with E-state index in [4.69, 9.17) is 5.11 Å². The predicted octanol–water partition coefficient (Wildman–Crippen LogP) is 3.51. The number of nitrogens with one attached hydrogen (secondary N) is 1. The fourth-order valence-corrected chi connectivity index (χ4v) is 2.42. The number of aryl methyl sites for hydroxylation is 3. The maximum Gasteiger partial charge on any atom is 0.337 e. The number of aromatic carboxylic acids is 1. The molecule has 0 spiro atoms. The first kappa shape index (κ1) is 12.6. The SMILES string of the molecule is Cc1ccc(C(=O)O)c(Nc2nc(C)c(C)s2)c1. The Morgan fingerprint density at radius 3 is 2.61 bits per heavy atom. The standard InChI is InChI=1S/C13H14N2O2S/c1-7-4-5-10(12(16)17)11(6-7)15-13-14-8(2)9(3)18-13/h4-6H,1-3H3,(H,14,15)(H,16,17). The summed E-state index contributed by atoms with van der Waals surface area (Å²) >= 11 is 1.52. The Hall–Kier alpha value is -1.88. The van der Waals surface area contributed by atoms with Crippen LogP contribution < -0.4 is 5.32 Å². The van der Waals surface area contributed by atoms with Crippen LogP contribution in [0.2, 0.25) is 0 Å². The van der Waals surface area contributed by atoms with Gasteiger partial charge in [-0.1, -0.05) is 6.07 Å². The minimum atomic E-state index is -0.942. The lowest BCUT2D eigenvalue weighted by molar-refractivity contribution is 0.0698. The molecule has 1 aromatic carbocycles. The molecule has 94 valence electrons. The van der Waals surface area contributed by atoms with Crippen LogP contribution in [0.3, 0.4) is 0 Å². The fraction of sp³-hybridized carbons (Fsp3) is 0.231. The van der Waals surface area contributed by atoms with E-state index in [0.29, 0.717) is 5.69 Å². The van der Waals surface area contributed by atoms with Gasteiger partial charge < -0.3 is 10.4 Å². The molecular weight excluding hydrogens is 248 g/mol. The number of benzene rings is 1. The maximum atomic E-state index is 11.1. The van der Waals surface area contributed by atoms with Crippen molar-refractivity contribution < 1.29 is 9.90 Å². The molecule has 2 aromatic rings. The van der Waals surface area contributed by atoms with Crippen LogP contribution in [0.25, 0.3) is 0 Å². The summed E-state index contributed by atoms with van der Waals surface area (Å²) in [5.41, 5.74) is 2.81. The average molecular weight is 262 g/mol. The van der Waals surface area contributed by atoms with E-state index in [2.05, 4.69) is 10.3 Å². The number of nitrogens with zero attached hydrogens (tertiary/aromatic N) is 1. The van der Waals surface area contributed by atoms with Crippen molar-refractivity contribution in [3.8, 4) is 0 Å². The third-order valence-corrected chi connectivity index (χ3v) is 3.66. The molecule has 0 saturated heterocycles. The lowest BCUT2D eigenvalue weighted by Gasteiger charge is -2.07. The summed E-state index contributed by atoms with van der Waals surface area (Å²) in [6.07, 6.45) is 0. The van der Waals surface area contributed by atoms with Crippen molar-refractivity contribution in [1.82, 2.24) is 4.98 Å². The first-order valence-electron chi connectivity index (χ1n) is 5.52. The molecule has 1 heterocycles. The number of hydrogen-bond donors (Lipinski definition) is 2. The number of carboxylic acid groups (broad SMARTS) is 1. The maximum absolute atomic E-state index is 11.1. The van der Waals surface area contributed by atoms with Crippen molar-refractivity contribution in [2.45, 2.75) is 20.8 Å². The van der Waals surface area contributed by atoms with Crippen LogP contribution in [-0.4, -0.2) is 16.1 Å². The molecule has 0 bridgehead atoms. The summed E-state index contributed by atoms with van der Waals surface area (Å²) in [7, 11) is 0. The third kappa shape index (κ3) is 2.51. The molecule has 0 aliphatic rings. The summed E-state index contributed by atoms with van der Waals surface area (Å²) in [5.74, 6) is -0.942. The molecule has 0 fully saturated rings. The van der Waals surface area contributed by atoms with Gasteiger partial charge in [0.15, 0.2) is 5.13 Å². The second-order valence-electron chi connectivity index (χ2n) is 4.14. The van der Waals surface area contributed by atoms with Gasteiger partial charge in [0.05, 0.1) is 16.9 Å². The number of hydrogen-bond acceptors (Lipinski definition) is 4. The van der Waals surface area contributed by atoms with Crippen molar-refractivity contribution in [2.24, 2.45) is 0 Å². The van der Waals surface area contributed by atoms with Gasteiger partial charge in [0.25, 0.3) is 0 Å². The number of rotatable bonds is 3. The van der Waals surface area contributed by atoms with E-state index in [0.717, 1.165) is 21.3 Å². The average Bonchev–Trinajstić information content (AvgIpc) is 2.57. The molecule has 1 aromatic heterocycles. The highest BCUT2D eigenvalue weighted by Crippen LogP contribution is 2.27. The van der Waals surface area contributed by atoms with Gasteiger partial charge >= 0.3 is 5.97 Å². The lowest BCUT2D eigenvalue weighted by Crippen LogP contribution is -2.02. The first-order valence-corrected chi connectivity index (χ1v) is 6.34. The van der Waals surface area contributed by atoms with Crippen molar-refractivity contribution in [1.29, 1.82) is 0 Å². The molecule has 0 amide bonds. The highest BCUT2D eigenvalue weighted by atomic mass is 32.1. The Morgan fingerprint density at radius 1 is 1.33 bits per heavy atom. The Balaban J connectivity index is 2.38. The molecule has 2 rings (SSSR count). The van der Waals surface area contributed by atoms with Crippen molar-refractivity contribution in [2.75, 3.05) is 5.32 Å². The largest absolute Gasteiger partial charge is 0.478 e. The van der Waals surface area contributed by atoms with Crippen molar-refractivity contribution in [3.63, 3.8) is 0 Å². The zero-order valence-electron chi connectivity index (χ0n) is 10.4. The highest BCUT2D eigenvalue weighted by Gasteiger charge is 2.12. The summed E-state index contributed by atoms with van der Waals surface area (Å²) < 4.78 is 0. The van der Waals surface area contributed by atoms with E-state index >= 15 is 0 Å². The van der Waals surface area contributed by atoms with E-state index < -0.39 is 5.97 Å². The Bertz CT molecular complexity index is 586. The van der Waals surface area contributed by atoms with Crippen LogP contribution in [0.4, 0.5) is 10.8 Å². The summed E-state index contributed by atoms with van der Waals surface area (Å²) in [6, 6.07) is 5.20. The topological polar surface area (TPSA) is 62.2 Å². The van der Waals surface area contributed by atoms with E-state index in [1.54, 1.807) is 12.1 Å². The third-order valence-electron chi connectivity index (χ3n) is 2.68. The zero-order chi connectivity index (χ0) is 13.3. The Kier molecular flexibility index (Phi) is 3.34. The molecule has 0 unspecified atom stereocenters.